The van der Waals surface area contributed by atoms with Crippen molar-refractivity contribution in [1.29, 1.82) is 0 Å². The second-order valence-corrected chi connectivity index (χ2v) is 2.76. The van der Waals surface area contributed by atoms with Gasteiger partial charge in [0.05, 0.1) is 6.54 Å². The van der Waals surface area contributed by atoms with E-state index in [4.69, 9.17) is 0 Å². The van der Waals surface area contributed by atoms with E-state index >= 15 is 0 Å². The van der Waals surface area contributed by atoms with Crippen LogP contribution in [0.5, 0.6) is 0 Å². The Kier molecular flexibility index (Phi) is 2.80. The number of hydrogen-bond acceptors (Lipinski definition) is 3. The molecule has 0 saturated heterocycles. The lowest BCUT2D eigenvalue weighted by molar-refractivity contribution is -0.115. The van der Waals surface area contributed by atoms with E-state index in [1.165, 1.54) is 0 Å². The van der Waals surface area contributed by atoms with Crippen LogP contribution in [0.15, 0.2) is 24.5 Å². The third-order valence-corrected chi connectivity index (χ3v) is 1.56. The minimum absolute atomic E-state index is 0.161. The molecule has 0 unspecified atom stereocenters. The van der Waals surface area contributed by atoms with Crippen LogP contribution in [-0.2, 0) is 4.79 Å². The van der Waals surface area contributed by atoms with E-state index in [1.807, 2.05) is 24.1 Å². The SMILES string of the molecule is CC(=O)CN(C)c1ccncc1. The lowest BCUT2D eigenvalue weighted by Gasteiger charge is -2.16. The molecule has 0 atom stereocenters. The van der Waals surface area contributed by atoms with Crippen LogP contribution in [0, 0.1) is 0 Å². The van der Waals surface area contributed by atoms with E-state index in [-0.39, 0.29) is 5.78 Å². The molecular weight excluding hydrogens is 152 g/mol. The highest BCUT2D eigenvalue weighted by atomic mass is 16.1. The van der Waals surface area contributed by atoms with Gasteiger partial charge in [0.25, 0.3) is 0 Å². The van der Waals surface area contributed by atoms with Crippen LogP contribution in [-0.4, -0.2) is 24.4 Å². The van der Waals surface area contributed by atoms with Crippen LogP contribution < -0.4 is 4.90 Å². The third kappa shape index (κ3) is 2.34. The van der Waals surface area contributed by atoms with Gasteiger partial charge in [0, 0.05) is 25.1 Å². The van der Waals surface area contributed by atoms with Crippen molar-refractivity contribution in [2.45, 2.75) is 6.92 Å². The first-order chi connectivity index (χ1) is 5.70. The van der Waals surface area contributed by atoms with Crippen molar-refractivity contribution in [2.75, 3.05) is 18.5 Å². The summed E-state index contributed by atoms with van der Waals surface area (Å²) in [5.41, 5.74) is 1.01. The summed E-state index contributed by atoms with van der Waals surface area (Å²) in [6, 6.07) is 3.76. The number of pyridine rings is 1. The topological polar surface area (TPSA) is 33.2 Å². The van der Waals surface area contributed by atoms with Gasteiger partial charge in [-0.25, -0.2) is 0 Å². The van der Waals surface area contributed by atoms with Gasteiger partial charge < -0.3 is 4.90 Å². The van der Waals surface area contributed by atoms with Crippen molar-refractivity contribution in [2.24, 2.45) is 0 Å². The fourth-order valence-electron chi connectivity index (χ4n) is 1.02. The van der Waals surface area contributed by atoms with Crippen molar-refractivity contribution >= 4 is 11.5 Å². The second kappa shape index (κ2) is 3.85. The number of ketones is 1. The summed E-state index contributed by atoms with van der Waals surface area (Å²) in [4.78, 5) is 16.6. The molecule has 0 N–H and O–H groups in total. The number of carbonyl (C=O) groups excluding carboxylic acids is 1. The second-order valence-electron chi connectivity index (χ2n) is 2.76. The van der Waals surface area contributed by atoms with Gasteiger partial charge in [0.15, 0.2) is 0 Å². The highest BCUT2D eigenvalue weighted by Crippen LogP contribution is 2.08. The minimum atomic E-state index is 0.161. The first kappa shape index (κ1) is 8.71. The summed E-state index contributed by atoms with van der Waals surface area (Å²) in [6.45, 7) is 2.03. The van der Waals surface area contributed by atoms with E-state index in [0.717, 1.165) is 5.69 Å². The molecule has 3 heteroatoms. The predicted octanol–water partition coefficient (Wildman–Crippen LogP) is 1.11. The molecule has 64 valence electrons. The van der Waals surface area contributed by atoms with E-state index in [1.54, 1.807) is 19.3 Å². The predicted molar refractivity (Wildman–Crippen MR) is 48.2 cm³/mol. The van der Waals surface area contributed by atoms with Crippen molar-refractivity contribution in [3.05, 3.63) is 24.5 Å². The van der Waals surface area contributed by atoms with Crippen LogP contribution in [0.2, 0.25) is 0 Å². The van der Waals surface area contributed by atoms with Crippen LogP contribution in [0.3, 0.4) is 0 Å². The van der Waals surface area contributed by atoms with Crippen LogP contribution in [0.4, 0.5) is 5.69 Å². The Morgan fingerprint density at radius 1 is 1.50 bits per heavy atom. The van der Waals surface area contributed by atoms with Gasteiger partial charge in [-0.2, -0.15) is 0 Å². The van der Waals surface area contributed by atoms with Crippen molar-refractivity contribution in [1.82, 2.24) is 4.98 Å². The number of nitrogens with zero attached hydrogens (tertiary/aromatic N) is 2. The Morgan fingerprint density at radius 2 is 2.08 bits per heavy atom. The molecule has 1 aromatic rings. The molecular formula is C9H12N2O. The van der Waals surface area contributed by atoms with E-state index in [9.17, 15) is 4.79 Å². The lowest BCUT2D eigenvalue weighted by Crippen LogP contribution is -2.23. The highest BCUT2D eigenvalue weighted by molar-refractivity contribution is 5.80. The number of aromatic nitrogens is 1. The molecule has 1 rings (SSSR count). The molecule has 12 heavy (non-hydrogen) atoms. The average molecular weight is 164 g/mol. The zero-order valence-corrected chi connectivity index (χ0v) is 7.32. The third-order valence-electron chi connectivity index (χ3n) is 1.56. The van der Waals surface area contributed by atoms with Crippen LogP contribution >= 0.6 is 0 Å². The molecule has 0 aliphatic rings. The Labute approximate surface area is 72.0 Å². The summed E-state index contributed by atoms with van der Waals surface area (Å²) >= 11 is 0. The molecule has 0 aromatic carbocycles. The van der Waals surface area contributed by atoms with Gasteiger partial charge in [-0.15, -0.1) is 0 Å². The monoisotopic (exact) mass is 164 g/mol. The van der Waals surface area contributed by atoms with Crippen LogP contribution in [0.1, 0.15) is 6.92 Å². The Hall–Kier alpha value is -1.38. The molecule has 0 amide bonds. The van der Waals surface area contributed by atoms with Crippen LogP contribution in [0.25, 0.3) is 0 Å². The first-order valence-corrected chi connectivity index (χ1v) is 3.81. The Bertz CT molecular complexity index is 258. The fourth-order valence-corrected chi connectivity index (χ4v) is 1.02. The molecule has 3 nitrogen and oxygen atoms in total. The number of likely N-dealkylation sites (N-methyl/N-ethyl adjacent to an activating group) is 1. The van der Waals surface area contributed by atoms with Gasteiger partial charge in [-0.1, -0.05) is 0 Å². The van der Waals surface area contributed by atoms with Crippen molar-refractivity contribution in [3.8, 4) is 0 Å². The molecule has 0 spiro atoms. The number of anilines is 1. The standard InChI is InChI=1S/C9H12N2O/c1-8(12)7-11(2)9-3-5-10-6-4-9/h3-6H,7H2,1-2H3. The molecule has 0 aliphatic carbocycles. The average Bonchev–Trinajstić information content (AvgIpc) is 2.05. The summed E-state index contributed by atoms with van der Waals surface area (Å²) in [6.07, 6.45) is 3.43. The number of hydrogen-bond donors (Lipinski definition) is 0. The molecule has 0 bridgehead atoms. The Morgan fingerprint density at radius 3 is 2.58 bits per heavy atom. The van der Waals surface area contributed by atoms with Crippen molar-refractivity contribution in [3.63, 3.8) is 0 Å². The summed E-state index contributed by atoms with van der Waals surface area (Å²) in [5.74, 6) is 0.161. The summed E-state index contributed by atoms with van der Waals surface area (Å²) < 4.78 is 0. The molecule has 1 aromatic heterocycles. The quantitative estimate of drug-likeness (QED) is 0.671. The minimum Gasteiger partial charge on any atom is -0.367 e. The molecule has 0 radical (unpaired) electrons. The molecule has 0 fully saturated rings. The lowest BCUT2D eigenvalue weighted by atomic mass is 10.3. The first-order valence-electron chi connectivity index (χ1n) is 3.81. The normalized spacial score (nSPS) is 9.50. The van der Waals surface area contributed by atoms with E-state index in [2.05, 4.69) is 4.98 Å². The van der Waals surface area contributed by atoms with E-state index in [0.29, 0.717) is 6.54 Å². The van der Waals surface area contributed by atoms with Gasteiger partial charge in [-0.3, -0.25) is 9.78 Å². The largest absolute Gasteiger partial charge is 0.367 e. The maximum absolute atomic E-state index is 10.8. The summed E-state index contributed by atoms with van der Waals surface area (Å²) in [7, 11) is 1.89. The molecule has 0 saturated carbocycles. The zero-order chi connectivity index (χ0) is 8.97. The maximum Gasteiger partial charge on any atom is 0.149 e. The van der Waals surface area contributed by atoms with Gasteiger partial charge in [-0.05, 0) is 19.1 Å². The Balaban J connectivity index is 2.65. The van der Waals surface area contributed by atoms with E-state index < -0.39 is 0 Å². The van der Waals surface area contributed by atoms with Gasteiger partial charge >= 0.3 is 0 Å². The fraction of sp³-hybridized carbons (Fsp3) is 0.333. The van der Waals surface area contributed by atoms with Gasteiger partial charge in [0.2, 0.25) is 0 Å². The van der Waals surface area contributed by atoms with Crippen molar-refractivity contribution < 1.29 is 4.79 Å². The molecule has 0 aliphatic heterocycles. The zero-order valence-electron chi connectivity index (χ0n) is 7.32. The van der Waals surface area contributed by atoms with Gasteiger partial charge in [0.1, 0.15) is 5.78 Å². The number of rotatable bonds is 3. The number of Topliss-reactive ketones (excluding diaryl/α,β-unsaturated/α-hetero) is 1. The maximum atomic E-state index is 10.8. The highest BCUT2D eigenvalue weighted by Gasteiger charge is 2.01. The smallest absolute Gasteiger partial charge is 0.149 e. The summed E-state index contributed by atoms with van der Waals surface area (Å²) in [5, 5.41) is 0. The molecule has 1 heterocycles. The number of carbonyl (C=O) groups is 1.